The Kier molecular flexibility index (Phi) is 6.79. The molecule has 124 valence electrons. The molecule has 0 fully saturated rings. The van der Waals surface area contributed by atoms with E-state index in [1.165, 1.54) is 6.08 Å². The largest absolute Gasteiger partial charge is 0.497 e. The van der Waals surface area contributed by atoms with E-state index in [2.05, 4.69) is 16.2 Å². The fourth-order valence-corrected chi connectivity index (χ4v) is 1.99. The maximum atomic E-state index is 11.7. The number of carbonyl (C=O) groups excluding carboxylic acids is 1. The summed E-state index contributed by atoms with van der Waals surface area (Å²) in [7, 11) is 1.63. The van der Waals surface area contributed by atoms with E-state index < -0.39 is 0 Å². The summed E-state index contributed by atoms with van der Waals surface area (Å²) < 4.78 is 5.10. The molecule has 5 nitrogen and oxygen atoms in total. The lowest BCUT2D eigenvalue weighted by Gasteiger charge is -2.10. The van der Waals surface area contributed by atoms with Crippen LogP contribution in [0.1, 0.15) is 11.1 Å². The zero-order chi connectivity index (χ0) is 17.2. The summed E-state index contributed by atoms with van der Waals surface area (Å²) in [5.41, 5.74) is 7.17. The molecule has 0 aliphatic heterocycles. The van der Waals surface area contributed by atoms with Gasteiger partial charge in [0.15, 0.2) is 5.11 Å². The molecule has 3 N–H and O–H groups in total. The maximum Gasteiger partial charge on any atom is 0.262 e. The number of ether oxygens (including phenoxy) is 1. The summed E-state index contributed by atoms with van der Waals surface area (Å²) >= 11 is 5.11. The number of thiocarbonyl (C=S) groups is 1. The molecule has 0 atom stereocenters. The Balaban J connectivity index is 1.70. The fraction of sp³-hybridized carbons (Fsp3) is 0.111. The molecule has 24 heavy (non-hydrogen) atoms. The van der Waals surface area contributed by atoms with Crippen LogP contribution >= 0.6 is 12.2 Å². The van der Waals surface area contributed by atoms with E-state index in [1.807, 2.05) is 54.6 Å². The van der Waals surface area contributed by atoms with Crippen molar-refractivity contribution in [1.29, 1.82) is 0 Å². The van der Waals surface area contributed by atoms with Gasteiger partial charge in [-0.3, -0.25) is 15.6 Å². The monoisotopic (exact) mass is 341 g/mol. The number of rotatable bonds is 5. The molecule has 0 unspecified atom stereocenters. The van der Waals surface area contributed by atoms with Crippen molar-refractivity contribution in [2.75, 3.05) is 7.11 Å². The van der Waals surface area contributed by atoms with E-state index in [0.717, 1.165) is 16.9 Å². The summed E-state index contributed by atoms with van der Waals surface area (Å²) in [6.45, 7) is 0.547. The minimum Gasteiger partial charge on any atom is -0.497 e. The lowest BCUT2D eigenvalue weighted by atomic mass is 10.2. The van der Waals surface area contributed by atoms with Gasteiger partial charge in [0.05, 0.1) is 7.11 Å². The predicted molar refractivity (Wildman–Crippen MR) is 99.2 cm³/mol. The lowest BCUT2D eigenvalue weighted by Crippen LogP contribution is -2.45. The molecule has 2 rings (SSSR count). The second-order valence-corrected chi connectivity index (χ2v) is 5.30. The highest BCUT2D eigenvalue weighted by atomic mass is 32.1. The van der Waals surface area contributed by atoms with Crippen LogP contribution in [-0.2, 0) is 11.3 Å². The Labute approximate surface area is 146 Å². The molecule has 0 aliphatic carbocycles. The zero-order valence-electron chi connectivity index (χ0n) is 13.3. The average Bonchev–Trinajstić information content (AvgIpc) is 2.64. The Hall–Kier alpha value is -2.86. The first-order valence-corrected chi connectivity index (χ1v) is 7.78. The van der Waals surface area contributed by atoms with Crippen LogP contribution in [0.4, 0.5) is 0 Å². The Morgan fingerprint density at radius 2 is 1.79 bits per heavy atom. The summed E-state index contributed by atoms with van der Waals surface area (Å²) in [5.74, 6) is 0.518. The van der Waals surface area contributed by atoms with Crippen molar-refractivity contribution in [1.82, 2.24) is 16.2 Å². The van der Waals surface area contributed by atoms with Crippen LogP contribution in [0.25, 0.3) is 6.08 Å². The lowest BCUT2D eigenvalue weighted by molar-refractivity contribution is -0.116. The third-order valence-electron chi connectivity index (χ3n) is 3.14. The van der Waals surface area contributed by atoms with E-state index >= 15 is 0 Å². The number of benzene rings is 2. The smallest absolute Gasteiger partial charge is 0.262 e. The number of hydrogen-bond acceptors (Lipinski definition) is 3. The van der Waals surface area contributed by atoms with Crippen molar-refractivity contribution in [3.63, 3.8) is 0 Å². The standard InChI is InChI=1S/C18H19N3O2S/c1-23-16-10-7-15(8-11-16)13-19-18(24)21-20-17(22)12-9-14-5-3-2-4-6-14/h2-12H,13H2,1H3,(H,20,22)(H2,19,21,24)/b12-9+. The Morgan fingerprint density at radius 3 is 2.46 bits per heavy atom. The van der Waals surface area contributed by atoms with Crippen molar-refractivity contribution in [3.05, 3.63) is 71.8 Å². The molecule has 1 amide bonds. The van der Waals surface area contributed by atoms with Crippen LogP contribution in [0.5, 0.6) is 5.75 Å². The molecule has 6 heteroatoms. The van der Waals surface area contributed by atoms with Crippen molar-refractivity contribution in [3.8, 4) is 5.75 Å². The van der Waals surface area contributed by atoms with Gasteiger partial charge in [-0.05, 0) is 41.6 Å². The van der Waals surface area contributed by atoms with Crippen molar-refractivity contribution in [2.24, 2.45) is 0 Å². The fourth-order valence-electron chi connectivity index (χ4n) is 1.87. The molecule has 2 aromatic rings. The van der Waals surface area contributed by atoms with Gasteiger partial charge in [0, 0.05) is 12.6 Å². The van der Waals surface area contributed by atoms with E-state index in [1.54, 1.807) is 13.2 Å². The third kappa shape index (κ3) is 6.10. The van der Waals surface area contributed by atoms with Crippen molar-refractivity contribution < 1.29 is 9.53 Å². The highest BCUT2D eigenvalue weighted by Gasteiger charge is 1.99. The molecule has 0 bridgehead atoms. The van der Waals surface area contributed by atoms with Crippen LogP contribution in [0.2, 0.25) is 0 Å². The van der Waals surface area contributed by atoms with Gasteiger partial charge in [0.2, 0.25) is 0 Å². The van der Waals surface area contributed by atoms with Crippen LogP contribution in [0.15, 0.2) is 60.7 Å². The summed E-state index contributed by atoms with van der Waals surface area (Å²) in [6, 6.07) is 17.2. The van der Waals surface area contributed by atoms with Gasteiger partial charge < -0.3 is 10.1 Å². The Bertz CT molecular complexity index is 700. The summed E-state index contributed by atoms with van der Waals surface area (Å²) in [5, 5.41) is 3.35. The van der Waals surface area contributed by atoms with E-state index in [4.69, 9.17) is 17.0 Å². The number of carbonyl (C=O) groups is 1. The van der Waals surface area contributed by atoms with Crippen molar-refractivity contribution in [2.45, 2.75) is 6.54 Å². The number of hydrazine groups is 1. The molecule has 0 saturated heterocycles. The van der Waals surface area contributed by atoms with Gasteiger partial charge in [0.25, 0.3) is 5.91 Å². The van der Waals surface area contributed by atoms with Gasteiger partial charge in [0.1, 0.15) is 5.75 Å². The molecule has 2 aromatic carbocycles. The first kappa shape index (κ1) is 17.5. The van der Waals surface area contributed by atoms with Gasteiger partial charge in [-0.2, -0.15) is 0 Å². The second kappa shape index (κ2) is 9.32. The van der Waals surface area contributed by atoms with Gasteiger partial charge in [-0.25, -0.2) is 0 Å². The number of amides is 1. The summed E-state index contributed by atoms with van der Waals surface area (Å²) in [4.78, 5) is 11.7. The van der Waals surface area contributed by atoms with E-state index in [0.29, 0.717) is 11.7 Å². The van der Waals surface area contributed by atoms with Crippen LogP contribution in [-0.4, -0.2) is 18.1 Å². The van der Waals surface area contributed by atoms with Gasteiger partial charge in [-0.1, -0.05) is 42.5 Å². The highest BCUT2D eigenvalue weighted by molar-refractivity contribution is 7.80. The molecular formula is C18H19N3O2S. The van der Waals surface area contributed by atoms with Gasteiger partial charge >= 0.3 is 0 Å². The first-order valence-electron chi connectivity index (χ1n) is 7.37. The predicted octanol–water partition coefficient (Wildman–Crippen LogP) is 2.40. The molecule has 0 aromatic heterocycles. The zero-order valence-corrected chi connectivity index (χ0v) is 14.1. The second-order valence-electron chi connectivity index (χ2n) is 4.89. The average molecular weight is 341 g/mol. The molecular weight excluding hydrogens is 322 g/mol. The molecule has 0 heterocycles. The highest BCUT2D eigenvalue weighted by Crippen LogP contribution is 2.10. The number of nitrogens with one attached hydrogen (secondary N) is 3. The van der Waals surface area contributed by atoms with E-state index in [9.17, 15) is 4.79 Å². The van der Waals surface area contributed by atoms with E-state index in [-0.39, 0.29) is 5.91 Å². The minimum absolute atomic E-state index is 0.285. The minimum atomic E-state index is -0.285. The first-order chi connectivity index (χ1) is 11.7. The molecule has 0 spiro atoms. The third-order valence-corrected chi connectivity index (χ3v) is 3.38. The van der Waals surface area contributed by atoms with Crippen LogP contribution in [0.3, 0.4) is 0 Å². The topological polar surface area (TPSA) is 62.4 Å². The van der Waals surface area contributed by atoms with Crippen LogP contribution < -0.4 is 20.9 Å². The van der Waals surface area contributed by atoms with Crippen LogP contribution in [0, 0.1) is 0 Å². The normalized spacial score (nSPS) is 10.2. The SMILES string of the molecule is COc1ccc(CNC(=S)NNC(=O)/C=C/c2ccccc2)cc1. The van der Waals surface area contributed by atoms with Crippen molar-refractivity contribution >= 4 is 29.3 Å². The molecule has 0 saturated carbocycles. The number of hydrogen-bond donors (Lipinski definition) is 3. The molecule has 0 aliphatic rings. The van der Waals surface area contributed by atoms with Gasteiger partial charge in [-0.15, -0.1) is 0 Å². The summed E-state index contributed by atoms with van der Waals surface area (Å²) in [6.07, 6.45) is 3.17. The quantitative estimate of drug-likeness (QED) is 0.443. The Morgan fingerprint density at radius 1 is 1.08 bits per heavy atom. The molecule has 0 radical (unpaired) electrons. The maximum absolute atomic E-state index is 11.7. The number of methoxy groups -OCH3 is 1.